The normalized spacial score (nSPS) is 10.3. The molecule has 0 saturated carbocycles. The molecule has 0 bridgehead atoms. The SMILES string of the molecule is C#Cc1cccc(N(O)C(=N)c2ccnc3nc[nH]c23)c1. The van der Waals surface area contributed by atoms with Gasteiger partial charge in [0.25, 0.3) is 0 Å². The topological polar surface area (TPSA) is 88.9 Å². The van der Waals surface area contributed by atoms with Gasteiger partial charge in [0.2, 0.25) is 0 Å². The predicted octanol–water partition coefficient (Wildman–Crippen LogP) is 2.16. The van der Waals surface area contributed by atoms with E-state index >= 15 is 0 Å². The van der Waals surface area contributed by atoms with Crippen LogP contribution in [0.1, 0.15) is 11.1 Å². The van der Waals surface area contributed by atoms with Gasteiger partial charge in [0, 0.05) is 17.3 Å². The predicted molar refractivity (Wildman–Crippen MR) is 79.4 cm³/mol. The number of pyridine rings is 1. The number of aromatic nitrogens is 3. The summed E-state index contributed by atoms with van der Waals surface area (Å²) in [5.41, 5.74) is 2.62. The smallest absolute Gasteiger partial charge is 0.178 e. The van der Waals surface area contributed by atoms with Gasteiger partial charge in [-0.1, -0.05) is 12.0 Å². The molecule has 0 fully saturated rings. The lowest BCUT2D eigenvalue weighted by atomic mass is 10.1. The number of aromatic amines is 1. The molecule has 0 aliphatic heterocycles. The average Bonchev–Trinajstić information content (AvgIpc) is 3.02. The number of terminal acetylenes is 1. The van der Waals surface area contributed by atoms with Crippen LogP contribution in [0.5, 0.6) is 0 Å². The van der Waals surface area contributed by atoms with E-state index in [0.717, 1.165) is 5.06 Å². The van der Waals surface area contributed by atoms with Gasteiger partial charge in [-0.2, -0.15) is 0 Å². The molecular formula is C15H11N5O. The Labute approximate surface area is 120 Å². The highest BCUT2D eigenvalue weighted by Crippen LogP contribution is 2.19. The van der Waals surface area contributed by atoms with Crippen molar-refractivity contribution in [2.45, 2.75) is 0 Å². The summed E-state index contributed by atoms with van der Waals surface area (Å²) in [5.74, 6) is 2.40. The number of nitrogens with one attached hydrogen (secondary N) is 2. The van der Waals surface area contributed by atoms with Gasteiger partial charge in [-0.3, -0.25) is 10.6 Å². The standard InChI is InChI=1S/C15H11N5O/c1-2-10-4-3-5-11(8-10)20(21)14(16)12-6-7-17-15-13(12)18-9-19-15/h1,3-9,16,21H,(H,17,18,19). The molecule has 2 aromatic heterocycles. The van der Waals surface area contributed by atoms with Crippen LogP contribution in [0, 0.1) is 17.8 Å². The third kappa shape index (κ3) is 2.22. The second kappa shape index (κ2) is 5.07. The second-order valence-electron chi connectivity index (χ2n) is 4.31. The summed E-state index contributed by atoms with van der Waals surface area (Å²) in [6, 6.07) is 8.40. The van der Waals surface area contributed by atoms with E-state index in [2.05, 4.69) is 20.9 Å². The van der Waals surface area contributed by atoms with Gasteiger partial charge in [0.1, 0.15) is 0 Å². The summed E-state index contributed by atoms with van der Waals surface area (Å²) in [6.45, 7) is 0. The average molecular weight is 277 g/mol. The molecule has 102 valence electrons. The Morgan fingerprint density at radius 1 is 1.33 bits per heavy atom. The van der Waals surface area contributed by atoms with Crippen molar-refractivity contribution in [1.82, 2.24) is 15.0 Å². The number of amidine groups is 1. The van der Waals surface area contributed by atoms with Crippen LogP contribution in [0.2, 0.25) is 0 Å². The minimum atomic E-state index is -0.0965. The summed E-state index contributed by atoms with van der Waals surface area (Å²) in [6.07, 6.45) is 8.38. The minimum absolute atomic E-state index is 0.0965. The van der Waals surface area contributed by atoms with Crippen LogP contribution in [-0.2, 0) is 0 Å². The number of hydrogen-bond acceptors (Lipinski definition) is 4. The first kappa shape index (κ1) is 12.8. The third-order valence-corrected chi connectivity index (χ3v) is 3.05. The molecule has 0 amide bonds. The Balaban J connectivity index is 2.01. The van der Waals surface area contributed by atoms with Crippen LogP contribution < -0.4 is 5.06 Å². The maximum Gasteiger partial charge on any atom is 0.178 e. The molecule has 3 rings (SSSR count). The summed E-state index contributed by atoms with van der Waals surface area (Å²) < 4.78 is 0. The van der Waals surface area contributed by atoms with Crippen molar-refractivity contribution < 1.29 is 5.21 Å². The number of nitrogens with zero attached hydrogens (tertiary/aromatic N) is 3. The van der Waals surface area contributed by atoms with E-state index in [1.165, 1.54) is 6.33 Å². The Kier molecular flexibility index (Phi) is 3.10. The molecule has 3 aromatic rings. The second-order valence-corrected chi connectivity index (χ2v) is 4.31. The van der Waals surface area contributed by atoms with E-state index in [1.807, 2.05) is 0 Å². The summed E-state index contributed by atoms with van der Waals surface area (Å²) in [4.78, 5) is 11.0. The Hall–Kier alpha value is -3.17. The van der Waals surface area contributed by atoms with Crippen molar-refractivity contribution in [3.63, 3.8) is 0 Å². The molecule has 0 unspecified atom stereocenters. The zero-order valence-corrected chi connectivity index (χ0v) is 10.9. The zero-order valence-electron chi connectivity index (χ0n) is 10.9. The van der Waals surface area contributed by atoms with Crippen LogP contribution in [0.3, 0.4) is 0 Å². The van der Waals surface area contributed by atoms with Crippen LogP contribution in [0.15, 0.2) is 42.9 Å². The molecule has 1 aromatic carbocycles. The molecule has 0 spiro atoms. The minimum Gasteiger partial charge on any atom is -0.343 e. The zero-order chi connectivity index (χ0) is 14.8. The summed E-state index contributed by atoms with van der Waals surface area (Å²) in [5, 5.41) is 19.2. The largest absolute Gasteiger partial charge is 0.343 e. The molecule has 0 atom stereocenters. The Bertz CT molecular complexity index is 862. The molecule has 0 radical (unpaired) electrons. The molecule has 6 nitrogen and oxygen atoms in total. The third-order valence-electron chi connectivity index (χ3n) is 3.05. The molecular weight excluding hydrogens is 266 g/mol. The van der Waals surface area contributed by atoms with Crippen LogP contribution in [0.25, 0.3) is 11.2 Å². The van der Waals surface area contributed by atoms with Gasteiger partial charge in [0.15, 0.2) is 11.5 Å². The van der Waals surface area contributed by atoms with E-state index in [-0.39, 0.29) is 5.84 Å². The molecule has 0 saturated heterocycles. The number of anilines is 1. The molecule has 0 aliphatic rings. The highest BCUT2D eigenvalue weighted by Gasteiger charge is 2.16. The summed E-state index contributed by atoms with van der Waals surface area (Å²) in [7, 11) is 0. The van der Waals surface area contributed by atoms with Crippen LogP contribution in [0.4, 0.5) is 5.69 Å². The number of H-pyrrole nitrogens is 1. The fourth-order valence-electron chi connectivity index (χ4n) is 2.02. The lowest BCUT2D eigenvalue weighted by Gasteiger charge is -2.18. The monoisotopic (exact) mass is 277 g/mol. The van der Waals surface area contributed by atoms with Crippen LogP contribution in [-0.4, -0.2) is 26.0 Å². The number of benzene rings is 1. The van der Waals surface area contributed by atoms with Gasteiger partial charge in [-0.05, 0) is 24.3 Å². The number of rotatable bonds is 2. The Morgan fingerprint density at radius 2 is 2.19 bits per heavy atom. The number of hydroxylamine groups is 1. The van der Waals surface area contributed by atoms with Crippen molar-refractivity contribution >= 4 is 22.7 Å². The number of hydrogen-bond donors (Lipinski definition) is 3. The van der Waals surface area contributed by atoms with Crippen molar-refractivity contribution in [2.24, 2.45) is 0 Å². The van der Waals surface area contributed by atoms with E-state index in [0.29, 0.717) is 28.0 Å². The van der Waals surface area contributed by atoms with Crippen molar-refractivity contribution in [1.29, 1.82) is 5.41 Å². The maximum atomic E-state index is 10.2. The fraction of sp³-hybridized carbons (Fsp3) is 0. The van der Waals surface area contributed by atoms with E-state index in [1.54, 1.807) is 36.5 Å². The van der Waals surface area contributed by atoms with Gasteiger partial charge in [0.05, 0.1) is 17.5 Å². The quantitative estimate of drug-likeness (QED) is 0.290. The highest BCUT2D eigenvalue weighted by atomic mass is 16.5. The lowest BCUT2D eigenvalue weighted by molar-refractivity contribution is 0.312. The lowest BCUT2D eigenvalue weighted by Crippen LogP contribution is -2.27. The fourth-order valence-corrected chi connectivity index (χ4v) is 2.02. The highest BCUT2D eigenvalue weighted by molar-refractivity contribution is 6.12. The first-order valence-corrected chi connectivity index (χ1v) is 6.13. The number of imidazole rings is 1. The number of fused-ring (bicyclic) bond motifs is 1. The van der Waals surface area contributed by atoms with Crippen molar-refractivity contribution in [3.8, 4) is 12.3 Å². The first-order valence-electron chi connectivity index (χ1n) is 6.13. The molecule has 0 aliphatic carbocycles. The van der Waals surface area contributed by atoms with Gasteiger partial charge in [-0.25, -0.2) is 15.0 Å². The Morgan fingerprint density at radius 3 is 3.00 bits per heavy atom. The molecule has 2 heterocycles. The van der Waals surface area contributed by atoms with E-state index < -0.39 is 0 Å². The van der Waals surface area contributed by atoms with Crippen LogP contribution >= 0.6 is 0 Å². The van der Waals surface area contributed by atoms with Crippen molar-refractivity contribution in [2.75, 3.05) is 5.06 Å². The molecule has 6 heteroatoms. The summed E-state index contributed by atoms with van der Waals surface area (Å²) >= 11 is 0. The molecule has 3 N–H and O–H groups in total. The van der Waals surface area contributed by atoms with Gasteiger partial charge >= 0.3 is 0 Å². The van der Waals surface area contributed by atoms with E-state index in [4.69, 9.17) is 11.8 Å². The van der Waals surface area contributed by atoms with Gasteiger partial charge < -0.3 is 4.98 Å². The van der Waals surface area contributed by atoms with E-state index in [9.17, 15) is 5.21 Å². The first-order chi connectivity index (χ1) is 10.2. The molecule has 21 heavy (non-hydrogen) atoms. The van der Waals surface area contributed by atoms with Gasteiger partial charge in [-0.15, -0.1) is 6.42 Å². The van der Waals surface area contributed by atoms with Crippen molar-refractivity contribution in [3.05, 3.63) is 54.0 Å². The maximum absolute atomic E-state index is 10.2.